The van der Waals surface area contributed by atoms with Crippen LogP contribution in [0, 0.1) is 0 Å². The highest BCUT2D eigenvalue weighted by atomic mass is 79.9. The van der Waals surface area contributed by atoms with Gasteiger partial charge in [0.2, 0.25) is 11.8 Å². The molecule has 7 nitrogen and oxygen atoms in total. The van der Waals surface area contributed by atoms with E-state index in [9.17, 15) is 14.4 Å². The van der Waals surface area contributed by atoms with Crippen LogP contribution in [-0.4, -0.2) is 36.9 Å². The third-order valence-electron chi connectivity index (χ3n) is 3.97. The fraction of sp³-hybridized carbons (Fsp3) is 0.211. The first-order chi connectivity index (χ1) is 13.0. The molecule has 3 rings (SSSR count). The minimum Gasteiger partial charge on any atom is -0.479 e. The van der Waals surface area contributed by atoms with E-state index >= 15 is 0 Å². The molecular weight excluding hydrogens is 414 g/mol. The first kappa shape index (κ1) is 18.9. The molecule has 1 heterocycles. The number of carbonyl (C=O) groups excluding carboxylic acids is 3. The zero-order valence-electron chi connectivity index (χ0n) is 14.6. The summed E-state index contributed by atoms with van der Waals surface area (Å²) < 4.78 is 6.28. The van der Waals surface area contributed by atoms with Crippen LogP contribution in [0.4, 0.5) is 11.4 Å². The minimum absolute atomic E-state index is 0.189. The molecule has 0 spiro atoms. The molecule has 1 aliphatic heterocycles. The van der Waals surface area contributed by atoms with Crippen molar-refractivity contribution >= 4 is 45.0 Å². The zero-order chi connectivity index (χ0) is 19.4. The van der Waals surface area contributed by atoms with Gasteiger partial charge in [0.1, 0.15) is 12.3 Å². The van der Waals surface area contributed by atoms with Crippen molar-refractivity contribution in [1.82, 2.24) is 5.32 Å². The largest absolute Gasteiger partial charge is 0.479 e. The highest BCUT2D eigenvalue weighted by Gasteiger charge is 2.32. The van der Waals surface area contributed by atoms with Crippen LogP contribution in [-0.2, 0) is 14.4 Å². The van der Waals surface area contributed by atoms with Crippen LogP contribution < -0.4 is 20.3 Å². The van der Waals surface area contributed by atoms with E-state index in [1.54, 1.807) is 49.4 Å². The summed E-state index contributed by atoms with van der Waals surface area (Å²) in [4.78, 5) is 38.0. The number of ether oxygens (including phenoxy) is 1. The highest BCUT2D eigenvalue weighted by Crippen LogP contribution is 2.33. The number of nitrogens with zero attached hydrogens (tertiary/aromatic N) is 1. The first-order valence-electron chi connectivity index (χ1n) is 8.34. The lowest BCUT2D eigenvalue weighted by molar-refractivity contribution is -0.128. The Morgan fingerprint density at radius 3 is 2.59 bits per heavy atom. The predicted molar refractivity (Wildman–Crippen MR) is 105 cm³/mol. The van der Waals surface area contributed by atoms with Gasteiger partial charge in [0, 0.05) is 4.47 Å². The van der Waals surface area contributed by atoms with Crippen molar-refractivity contribution in [3.63, 3.8) is 0 Å². The molecule has 2 N–H and O–H groups in total. The average molecular weight is 432 g/mol. The maximum atomic E-state index is 12.4. The molecule has 0 fully saturated rings. The minimum atomic E-state index is -0.675. The van der Waals surface area contributed by atoms with Crippen molar-refractivity contribution in [2.24, 2.45) is 0 Å². The Kier molecular flexibility index (Phi) is 5.75. The first-order valence-corrected chi connectivity index (χ1v) is 9.13. The van der Waals surface area contributed by atoms with Crippen LogP contribution >= 0.6 is 15.9 Å². The Balaban J connectivity index is 1.58. The summed E-state index contributed by atoms with van der Waals surface area (Å²) in [5.41, 5.74) is 1.15. The van der Waals surface area contributed by atoms with E-state index in [0.29, 0.717) is 17.1 Å². The van der Waals surface area contributed by atoms with Crippen LogP contribution in [0.1, 0.15) is 6.92 Å². The number of anilines is 2. The third-order valence-corrected chi connectivity index (χ3v) is 4.66. The predicted octanol–water partition coefficient (Wildman–Crippen LogP) is 2.32. The van der Waals surface area contributed by atoms with Crippen molar-refractivity contribution in [2.75, 3.05) is 23.3 Å². The lowest BCUT2D eigenvalue weighted by Crippen LogP contribution is -2.49. The summed E-state index contributed by atoms with van der Waals surface area (Å²) in [7, 11) is 0. The number of hydrogen-bond acceptors (Lipinski definition) is 4. The number of carbonyl (C=O) groups is 3. The molecule has 0 aromatic heterocycles. The zero-order valence-corrected chi connectivity index (χ0v) is 16.2. The van der Waals surface area contributed by atoms with Crippen LogP contribution in [0.3, 0.4) is 0 Å². The van der Waals surface area contributed by atoms with Gasteiger partial charge in [-0.2, -0.15) is 0 Å². The van der Waals surface area contributed by atoms with Gasteiger partial charge in [-0.15, -0.1) is 0 Å². The number of nitrogens with one attached hydrogen (secondary N) is 2. The van der Waals surface area contributed by atoms with Crippen LogP contribution in [0.25, 0.3) is 0 Å². The Labute approximate surface area is 164 Å². The standard InChI is InChI=1S/C19H18BrN3O4/c1-12-19(26)23(15-8-4-5-9-16(15)27-12)11-18(25)21-10-17(24)22-14-7-3-2-6-13(14)20/h2-9,12H,10-11H2,1H3,(H,21,25)(H,22,24). The summed E-state index contributed by atoms with van der Waals surface area (Å²) in [6.45, 7) is 1.25. The van der Waals surface area contributed by atoms with Gasteiger partial charge in [0.15, 0.2) is 6.10 Å². The number of hydrogen-bond donors (Lipinski definition) is 2. The van der Waals surface area contributed by atoms with Crippen LogP contribution in [0.15, 0.2) is 53.0 Å². The van der Waals surface area contributed by atoms with Gasteiger partial charge in [-0.25, -0.2) is 0 Å². The quantitative estimate of drug-likeness (QED) is 0.760. The van der Waals surface area contributed by atoms with Gasteiger partial charge < -0.3 is 15.4 Å². The summed E-state index contributed by atoms with van der Waals surface area (Å²) in [5, 5.41) is 5.23. The van der Waals surface area contributed by atoms with E-state index in [1.165, 1.54) is 4.90 Å². The molecule has 1 atom stereocenters. The van der Waals surface area contributed by atoms with Crippen molar-refractivity contribution in [3.05, 3.63) is 53.0 Å². The van der Waals surface area contributed by atoms with Crippen molar-refractivity contribution < 1.29 is 19.1 Å². The van der Waals surface area contributed by atoms with E-state index in [0.717, 1.165) is 4.47 Å². The van der Waals surface area contributed by atoms with Crippen molar-refractivity contribution in [3.8, 4) is 5.75 Å². The van der Waals surface area contributed by atoms with Gasteiger partial charge in [-0.05, 0) is 47.1 Å². The van der Waals surface area contributed by atoms with Crippen molar-refractivity contribution in [2.45, 2.75) is 13.0 Å². The van der Waals surface area contributed by atoms with E-state index in [1.807, 2.05) is 6.07 Å². The van der Waals surface area contributed by atoms with Gasteiger partial charge in [-0.1, -0.05) is 24.3 Å². The SMILES string of the molecule is CC1Oc2ccccc2N(CC(=O)NCC(=O)Nc2ccccc2Br)C1=O. The molecule has 0 saturated carbocycles. The van der Waals surface area contributed by atoms with Crippen molar-refractivity contribution in [1.29, 1.82) is 0 Å². The lowest BCUT2D eigenvalue weighted by atomic mass is 10.2. The topological polar surface area (TPSA) is 87.7 Å². The van der Waals surface area contributed by atoms with Gasteiger partial charge >= 0.3 is 0 Å². The number of para-hydroxylation sites is 3. The van der Waals surface area contributed by atoms with E-state index < -0.39 is 12.0 Å². The number of benzene rings is 2. The molecule has 8 heteroatoms. The number of fused-ring (bicyclic) bond motifs is 1. The molecule has 0 radical (unpaired) electrons. The Bertz CT molecular complexity index is 887. The fourth-order valence-electron chi connectivity index (χ4n) is 2.66. The molecule has 0 aliphatic carbocycles. The molecule has 2 aromatic rings. The van der Waals surface area contributed by atoms with E-state index in [-0.39, 0.29) is 24.9 Å². The second kappa shape index (κ2) is 8.22. The monoisotopic (exact) mass is 431 g/mol. The summed E-state index contributed by atoms with van der Waals surface area (Å²) in [5.74, 6) is -0.558. The van der Waals surface area contributed by atoms with Crippen LogP contribution in [0.2, 0.25) is 0 Å². The summed E-state index contributed by atoms with van der Waals surface area (Å²) in [6, 6.07) is 14.2. The molecule has 1 unspecified atom stereocenters. The third kappa shape index (κ3) is 4.46. The summed E-state index contributed by atoms with van der Waals surface area (Å²) in [6.07, 6.45) is -0.675. The molecular formula is C19H18BrN3O4. The number of rotatable bonds is 5. The van der Waals surface area contributed by atoms with Crippen LogP contribution in [0.5, 0.6) is 5.75 Å². The molecule has 27 heavy (non-hydrogen) atoms. The maximum absolute atomic E-state index is 12.4. The molecule has 0 saturated heterocycles. The summed E-state index contributed by atoms with van der Waals surface area (Å²) >= 11 is 3.34. The normalized spacial score (nSPS) is 15.6. The Morgan fingerprint density at radius 1 is 1.11 bits per heavy atom. The lowest BCUT2D eigenvalue weighted by Gasteiger charge is -2.32. The number of amides is 3. The molecule has 2 aromatic carbocycles. The maximum Gasteiger partial charge on any atom is 0.268 e. The Morgan fingerprint density at radius 2 is 1.81 bits per heavy atom. The molecule has 3 amide bonds. The fourth-order valence-corrected chi connectivity index (χ4v) is 3.04. The van der Waals surface area contributed by atoms with Gasteiger partial charge in [-0.3, -0.25) is 19.3 Å². The molecule has 0 bridgehead atoms. The van der Waals surface area contributed by atoms with Gasteiger partial charge in [0.05, 0.1) is 17.9 Å². The highest BCUT2D eigenvalue weighted by molar-refractivity contribution is 9.10. The van der Waals surface area contributed by atoms with Gasteiger partial charge in [0.25, 0.3) is 5.91 Å². The second-order valence-corrected chi connectivity index (χ2v) is 6.81. The smallest absolute Gasteiger partial charge is 0.268 e. The Hall–Kier alpha value is -2.87. The van der Waals surface area contributed by atoms with E-state index in [4.69, 9.17) is 4.74 Å². The molecule has 140 valence electrons. The molecule has 1 aliphatic rings. The number of halogens is 1. The second-order valence-electron chi connectivity index (χ2n) is 5.96. The van der Waals surface area contributed by atoms with E-state index in [2.05, 4.69) is 26.6 Å². The average Bonchev–Trinajstić information content (AvgIpc) is 2.65.